The molecule has 0 amide bonds. The molecule has 0 bridgehead atoms. The summed E-state index contributed by atoms with van der Waals surface area (Å²) in [6.07, 6.45) is 1.94. The number of nitrogens with zero attached hydrogens (tertiary/aromatic N) is 3. The number of aromatic hydroxyl groups is 1. The van der Waals surface area contributed by atoms with Crippen molar-refractivity contribution in [2.45, 2.75) is 58.9 Å². The van der Waals surface area contributed by atoms with Gasteiger partial charge in [0.15, 0.2) is 0 Å². The van der Waals surface area contributed by atoms with E-state index in [-0.39, 0.29) is 10.8 Å². The number of rotatable bonds is 4. The fraction of sp³-hybridized carbons (Fsp3) is 0.500. The maximum Gasteiger partial charge on any atom is 0.123 e. The molecule has 3 rings (SSSR count). The van der Waals surface area contributed by atoms with Crippen LogP contribution in [0.3, 0.4) is 0 Å². The molecule has 5 heteroatoms. The van der Waals surface area contributed by atoms with Crippen molar-refractivity contribution in [3.63, 3.8) is 0 Å². The van der Waals surface area contributed by atoms with E-state index in [2.05, 4.69) is 75.7 Å². The molecule has 0 aromatic heterocycles. The third-order valence-electron chi connectivity index (χ3n) is 5.79. The number of hydrazone groups is 1. The Hall–Kier alpha value is -2.04. The lowest BCUT2D eigenvalue weighted by Gasteiger charge is -2.33. The van der Waals surface area contributed by atoms with E-state index in [4.69, 9.17) is 16.7 Å². The number of hydrogen-bond acceptors (Lipinski definition) is 4. The molecule has 1 fully saturated rings. The van der Waals surface area contributed by atoms with Crippen molar-refractivity contribution in [3.8, 4) is 5.75 Å². The van der Waals surface area contributed by atoms with Gasteiger partial charge in [0.2, 0.25) is 0 Å². The summed E-state index contributed by atoms with van der Waals surface area (Å²) in [6, 6.07) is 12.2. The Bertz CT molecular complexity index is 880. The maximum atomic E-state index is 10.9. The van der Waals surface area contributed by atoms with Gasteiger partial charge in [0.25, 0.3) is 0 Å². The molecule has 1 saturated heterocycles. The third kappa shape index (κ3) is 6.24. The van der Waals surface area contributed by atoms with Gasteiger partial charge in [-0.25, -0.2) is 0 Å². The summed E-state index contributed by atoms with van der Waals surface area (Å²) in [5.41, 5.74) is 3.98. The molecule has 0 saturated carbocycles. The molecule has 0 unspecified atom stereocenters. The van der Waals surface area contributed by atoms with Crippen LogP contribution in [0.5, 0.6) is 5.75 Å². The van der Waals surface area contributed by atoms with E-state index in [1.165, 1.54) is 5.56 Å². The molecule has 1 aliphatic heterocycles. The Labute approximate surface area is 192 Å². The van der Waals surface area contributed by atoms with Crippen molar-refractivity contribution >= 4 is 17.8 Å². The van der Waals surface area contributed by atoms with E-state index in [1.54, 1.807) is 0 Å². The van der Waals surface area contributed by atoms with Crippen molar-refractivity contribution in [2.75, 3.05) is 26.2 Å². The third-order valence-corrected chi connectivity index (χ3v) is 6.04. The highest BCUT2D eigenvalue weighted by Crippen LogP contribution is 2.39. The number of phenolic OH excluding ortho intramolecular Hbond substituents is 1. The van der Waals surface area contributed by atoms with Crippen LogP contribution < -0.4 is 0 Å². The van der Waals surface area contributed by atoms with Crippen LogP contribution in [0.4, 0.5) is 0 Å². The predicted octanol–water partition coefficient (Wildman–Crippen LogP) is 5.79. The number of hydrogen-bond donors (Lipinski definition) is 1. The zero-order valence-corrected chi connectivity index (χ0v) is 20.5. The minimum Gasteiger partial charge on any atom is -0.507 e. The topological polar surface area (TPSA) is 39.1 Å². The Morgan fingerprint density at radius 2 is 1.42 bits per heavy atom. The number of phenols is 1. The van der Waals surface area contributed by atoms with E-state index in [0.29, 0.717) is 5.75 Å². The van der Waals surface area contributed by atoms with Gasteiger partial charge in [0, 0.05) is 48.9 Å². The van der Waals surface area contributed by atoms with Crippen LogP contribution in [0.25, 0.3) is 0 Å². The predicted molar refractivity (Wildman–Crippen MR) is 131 cm³/mol. The minimum absolute atomic E-state index is 0.138. The highest BCUT2D eigenvalue weighted by molar-refractivity contribution is 6.30. The van der Waals surface area contributed by atoms with Gasteiger partial charge in [-0.15, -0.1) is 0 Å². The van der Waals surface area contributed by atoms with Crippen LogP contribution in [-0.2, 0) is 17.4 Å². The molecule has 2 aromatic rings. The van der Waals surface area contributed by atoms with E-state index in [1.807, 2.05) is 18.3 Å². The van der Waals surface area contributed by atoms with Gasteiger partial charge in [-0.3, -0.25) is 9.91 Å². The standard InChI is InChI=1S/C26H36ClN3O/c1-25(2,3)22-15-20(16-23(24(22)31)26(4,5)6)17-28-30-13-11-29(12-14-30)18-19-7-9-21(27)10-8-19/h7-10,15-17,31H,11-14,18H2,1-6H3/b28-17-. The first-order valence-corrected chi connectivity index (χ1v) is 11.4. The van der Waals surface area contributed by atoms with Crippen molar-refractivity contribution in [1.82, 2.24) is 9.91 Å². The zero-order valence-electron chi connectivity index (χ0n) is 19.7. The maximum absolute atomic E-state index is 10.9. The smallest absolute Gasteiger partial charge is 0.123 e. The van der Waals surface area contributed by atoms with Crippen molar-refractivity contribution in [1.29, 1.82) is 0 Å². The molecule has 0 aliphatic carbocycles. The molecule has 0 spiro atoms. The van der Waals surface area contributed by atoms with Crippen LogP contribution >= 0.6 is 11.6 Å². The molecule has 4 nitrogen and oxygen atoms in total. The van der Waals surface area contributed by atoms with Gasteiger partial charge in [-0.1, -0.05) is 65.3 Å². The Morgan fingerprint density at radius 1 is 0.903 bits per heavy atom. The average Bonchev–Trinajstić information content (AvgIpc) is 2.68. The first-order chi connectivity index (χ1) is 14.4. The summed E-state index contributed by atoms with van der Waals surface area (Å²) >= 11 is 5.99. The van der Waals surface area contributed by atoms with Crippen molar-refractivity contribution in [2.24, 2.45) is 5.10 Å². The van der Waals surface area contributed by atoms with Crippen LogP contribution in [0.2, 0.25) is 5.02 Å². The summed E-state index contributed by atoms with van der Waals surface area (Å²) in [6.45, 7) is 17.5. The average molecular weight is 442 g/mol. The first kappa shape index (κ1) is 23.6. The summed E-state index contributed by atoms with van der Waals surface area (Å²) in [5.74, 6) is 0.410. The van der Waals surface area contributed by atoms with Gasteiger partial charge in [-0.2, -0.15) is 5.10 Å². The lowest BCUT2D eigenvalue weighted by Crippen LogP contribution is -2.43. The van der Waals surface area contributed by atoms with Crippen LogP contribution in [-0.4, -0.2) is 47.4 Å². The normalized spacial score (nSPS) is 16.3. The molecule has 0 radical (unpaired) electrons. The van der Waals surface area contributed by atoms with Gasteiger partial charge in [0.05, 0.1) is 6.21 Å². The van der Waals surface area contributed by atoms with E-state index in [0.717, 1.165) is 54.4 Å². The monoisotopic (exact) mass is 441 g/mol. The number of benzene rings is 2. The second kappa shape index (κ2) is 9.22. The molecule has 1 N–H and O–H groups in total. The van der Waals surface area contributed by atoms with E-state index >= 15 is 0 Å². The van der Waals surface area contributed by atoms with Gasteiger partial charge in [0.1, 0.15) is 5.75 Å². The van der Waals surface area contributed by atoms with Crippen molar-refractivity contribution in [3.05, 3.63) is 63.7 Å². The largest absolute Gasteiger partial charge is 0.507 e. The van der Waals surface area contributed by atoms with Gasteiger partial charge >= 0.3 is 0 Å². The lowest BCUT2D eigenvalue weighted by atomic mass is 9.78. The fourth-order valence-electron chi connectivity index (χ4n) is 3.88. The Balaban J connectivity index is 1.69. The summed E-state index contributed by atoms with van der Waals surface area (Å²) < 4.78 is 0. The molecular formula is C26H36ClN3O. The van der Waals surface area contributed by atoms with E-state index in [9.17, 15) is 5.11 Å². The molecule has 168 valence electrons. The summed E-state index contributed by atoms with van der Waals surface area (Å²) in [5, 5.41) is 18.6. The Morgan fingerprint density at radius 3 is 1.90 bits per heavy atom. The summed E-state index contributed by atoms with van der Waals surface area (Å²) in [7, 11) is 0. The lowest BCUT2D eigenvalue weighted by molar-refractivity contribution is 0.131. The first-order valence-electron chi connectivity index (χ1n) is 11.1. The second-order valence-electron chi connectivity index (χ2n) is 10.6. The number of piperazine rings is 1. The molecule has 0 atom stereocenters. The van der Waals surface area contributed by atoms with Crippen LogP contribution in [0.1, 0.15) is 63.8 Å². The fourth-order valence-corrected chi connectivity index (χ4v) is 4.01. The minimum atomic E-state index is -0.138. The highest BCUT2D eigenvalue weighted by Gasteiger charge is 2.26. The molecule has 1 aliphatic rings. The molecule has 31 heavy (non-hydrogen) atoms. The van der Waals surface area contributed by atoms with Gasteiger partial charge < -0.3 is 5.11 Å². The quantitative estimate of drug-likeness (QED) is 0.610. The Kier molecular flexibility index (Phi) is 7.02. The van der Waals surface area contributed by atoms with Crippen molar-refractivity contribution < 1.29 is 5.11 Å². The number of halogens is 1. The van der Waals surface area contributed by atoms with Gasteiger partial charge in [-0.05, 0) is 46.2 Å². The SMILES string of the molecule is CC(C)(C)c1cc(/C=N\N2CCN(Cc3ccc(Cl)cc3)CC2)cc(C(C)(C)C)c1O. The molecule has 1 heterocycles. The van der Waals surface area contributed by atoms with Crippen LogP contribution in [0.15, 0.2) is 41.5 Å². The zero-order chi connectivity index (χ0) is 22.8. The highest BCUT2D eigenvalue weighted by atomic mass is 35.5. The second-order valence-corrected chi connectivity index (χ2v) is 11.0. The van der Waals surface area contributed by atoms with E-state index < -0.39 is 0 Å². The van der Waals surface area contributed by atoms with Crippen LogP contribution in [0, 0.1) is 0 Å². The molecular weight excluding hydrogens is 406 g/mol. The summed E-state index contributed by atoms with van der Waals surface area (Å²) in [4.78, 5) is 2.45. The molecule has 2 aromatic carbocycles.